The summed E-state index contributed by atoms with van der Waals surface area (Å²) in [5, 5.41) is 16.0. The van der Waals surface area contributed by atoms with Crippen LogP contribution in [0.25, 0.3) is 11.2 Å². The molecule has 2 rings (SSSR count). The maximum Gasteiger partial charge on any atom is 0.226 e. The highest BCUT2D eigenvalue weighted by Crippen LogP contribution is 2.23. The normalized spacial score (nSPS) is 14.2. The molecular formula is C13H22N6O. The molecule has 0 amide bonds. The molecule has 1 unspecified atom stereocenters. The fourth-order valence-corrected chi connectivity index (χ4v) is 1.77. The van der Waals surface area contributed by atoms with Crippen LogP contribution in [-0.4, -0.2) is 43.7 Å². The van der Waals surface area contributed by atoms with Gasteiger partial charge in [0.1, 0.15) is 5.52 Å². The Balaban J connectivity index is 2.36. The molecule has 0 aliphatic carbocycles. The molecule has 0 fully saturated rings. The summed E-state index contributed by atoms with van der Waals surface area (Å²) in [5.41, 5.74) is 0.937. The predicted molar refractivity (Wildman–Crippen MR) is 79.9 cm³/mol. The highest BCUT2D eigenvalue weighted by Gasteiger charge is 2.23. The molecule has 0 aliphatic rings. The van der Waals surface area contributed by atoms with Crippen molar-refractivity contribution in [3.05, 3.63) is 6.33 Å². The number of aliphatic hydroxyl groups excluding tert-OH is 1. The van der Waals surface area contributed by atoms with Gasteiger partial charge in [-0.05, 0) is 19.8 Å². The third-order valence-electron chi connectivity index (χ3n) is 3.37. The molecule has 1 atom stereocenters. The number of fused-ring (bicyclic) bond motifs is 1. The summed E-state index contributed by atoms with van der Waals surface area (Å²) in [6.07, 6.45) is 3.37. The van der Waals surface area contributed by atoms with Crippen LogP contribution in [-0.2, 0) is 0 Å². The van der Waals surface area contributed by atoms with Gasteiger partial charge in [0.2, 0.25) is 5.95 Å². The smallest absolute Gasteiger partial charge is 0.226 e. The monoisotopic (exact) mass is 278 g/mol. The van der Waals surface area contributed by atoms with Crippen LogP contribution in [0, 0.1) is 0 Å². The Labute approximate surface area is 118 Å². The summed E-state index contributed by atoms with van der Waals surface area (Å²) in [6.45, 7) is 6.89. The first kappa shape index (κ1) is 14.5. The number of hydrogen-bond donors (Lipinski definition) is 4. The van der Waals surface area contributed by atoms with Gasteiger partial charge in [-0.3, -0.25) is 0 Å². The van der Waals surface area contributed by atoms with Crippen LogP contribution in [0.3, 0.4) is 0 Å². The van der Waals surface area contributed by atoms with E-state index < -0.39 is 5.54 Å². The summed E-state index contributed by atoms with van der Waals surface area (Å²) >= 11 is 0. The van der Waals surface area contributed by atoms with E-state index in [2.05, 4.69) is 37.5 Å². The van der Waals surface area contributed by atoms with Crippen molar-refractivity contribution >= 4 is 22.9 Å². The van der Waals surface area contributed by atoms with E-state index in [-0.39, 0.29) is 6.61 Å². The second-order valence-electron chi connectivity index (χ2n) is 5.12. The van der Waals surface area contributed by atoms with Crippen LogP contribution in [0.5, 0.6) is 0 Å². The van der Waals surface area contributed by atoms with Crippen molar-refractivity contribution in [2.45, 2.75) is 39.2 Å². The van der Waals surface area contributed by atoms with Crippen LogP contribution in [0.4, 0.5) is 11.8 Å². The van der Waals surface area contributed by atoms with E-state index in [4.69, 9.17) is 0 Å². The van der Waals surface area contributed by atoms with E-state index in [1.807, 2.05) is 13.8 Å². The highest BCUT2D eigenvalue weighted by atomic mass is 16.3. The number of nitrogens with zero attached hydrogens (tertiary/aromatic N) is 3. The fourth-order valence-electron chi connectivity index (χ4n) is 1.77. The second-order valence-corrected chi connectivity index (χ2v) is 5.12. The molecule has 4 N–H and O–H groups in total. The Morgan fingerprint density at radius 3 is 2.80 bits per heavy atom. The molecule has 2 aromatic rings. The zero-order chi connectivity index (χ0) is 14.6. The number of nitrogens with one attached hydrogen (secondary N) is 3. The van der Waals surface area contributed by atoms with E-state index in [0.717, 1.165) is 24.9 Å². The summed E-state index contributed by atoms with van der Waals surface area (Å²) in [4.78, 5) is 16.0. The number of rotatable bonds is 7. The molecule has 0 aliphatic heterocycles. The summed E-state index contributed by atoms with van der Waals surface area (Å²) in [7, 11) is 0. The number of imidazole rings is 1. The van der Waals surface area contributed by atoms with Gasteiger partial charge in [-0.15, -0.1) is 0 Å². The Morgan fingerprint density at radius 2 is 2.15 bits per heavy atom. The second kappa shape index (κ2) is 6.04. The molecule has 2 heterocycles. The molecule has 0 saturated carbocycles. The molecule has 7 nitrogen and oxygen atoms in total. The quantitative estimate of drug-likeness (QED) is 0.616. The SMILES string of the molecule is CCCNc1nc(NC(C)(CC)CO)c2[nH]cnc2n1. The number of aromatic amines is 1. The lowest BCUT2D eigenvalue weighted by molar-refractivity contribution is 0.218. The van der Waals surface area contributed by atoms with E-state index in [9.17, 15) is 5.11 Å². The molecule has 0 bridgehead atoms. The number of aromatic nitrogens is 4. The molecule has 7 heteroatoms. The molecular weight excluding hydrogens is 256 g/mol. The van der Waals surface area contributed by atoms with Crippen LogP contribution in [0.2, 0.25) is 0 Å². The number of H-pyrrole nitrogens is 1. The first-order valence-electron chi connectivity index (χ1n) is 6.96. The third-order valence-corrected chi connectivity index (χ3v) is 3.37. The van der Waals surface area contributed by atoms with Gasteiger partial charge in [0.05, 0.1) is 18.5 Å². The maximum absolute atomic E-state index is 9.53. The topological polar surface area (TPSA) is 98.8 Å². The van der Waals surface area contributed by atoms with Crippen molar-refractivity contribution < 1.29 is 5.11 Å². The number of hydrogen-bond acceptors (Lipinski definition) is 6. The van der Waals surface area contributed by atoms with Gasteiger partial charge in [-0.2, -0.15) is 9.97 Å². The minimum atomic E-state index is -0.422. The van der Waals surface area contributed by atoms with Crippen molar-refractivity contribution in [1.29, 1.82) is 0 Å². The van der Waals surface area contributed by atoms with Crippen molar-refractivity contribution in [2.75, 3.05) is 23.8 Å². The first-order valence-corrected chi connectivity index (χ1v) is 6.96. The van der Waals surface area contributed by atoms with Gasteiger partial charge in [-0.25, -0.2) is 4.98 Å². The van der Waals surface area contributed by atoms with Crippen molar-refractivity contribution in [1.82, 2.24) is 19.9 Å². The predicted octanol–water partition coefficient (Wildman–Crippen LogP) is 1.75. The summed E-state index contributed by atoms with van der Waals surface area (Å²) in [5.74, 6) is 1.20. The highest BCUT2D eigenvalue weighted by molar-refractivity contribution is 5.84. The maximum atomic E-state index is 9.53. The van der Waals surface area contributed by atoms with Gasteiger partial charge >= 0.3 is 0 Å². The molecule has 20 heavy (non-hydrogen) atoms. The van der Waals surface area contributed by atoms with E-state index in [1.54, 1.807) is 6.33 Å². The minimum Gasteiger partial charge on any atom is -0.394 e. The van der Waals surface area contributed by atoms with E-state index in [0.29, 0.717) is 17.4 Å². The summed E-state index contributed by atoms with van der Waals surface area (Å²) < 4.78 is 0. The van der Waals surface area contributed by atoms with Crippen LogP contribution in [0.15, 0.2) is 6.33 Å². The van der Waals surface area contributed by atoms with Crippen LogP contribution >= 0.6 is 0 Å². The Kier molecular flexibility index (Phi) is 4.39. The zero-order valence-corrected chi connectivity index (χ0v) is 12.2. The summed E-state index contributed by atoms with van der Waals surface area (Å²) in [6, 6.07) is 0. The average molecular weight is 278 g/mol. The molecule has 0 aromatic carbocycles. The standard InChI is InChI=1S/C13H22N6O/c1-4-6-14-12-17-10-9(15-8-16-10)11(18-12)19-13(3,5-2)7-20/h8,20H,4-7H2,1-3H3,(H3,14,15,16,17,18,19). The van der Waals surface area contributed by atoms with Crippen molar-refractivity contribution in [3.8, 4) is 0 Å². The largest absolute Gasteiger partial charge is 0.394 e. The third kappa shape index (κ3) is 2.98. The Hall–Kier alpha value is -1.89. The van der Waals surface area contributed by atoms with Gasteiger partial charge in [0, 0.05) is 6.54 Å². The lowest BCUT2D eigenvalue weighted by Crippen LogP contribution is -2.38. The molecule has 110 valence electrons. The number of anilines is 2. The van der Waals surface area contributed by atoms with Crippen molar-refractivity contribution in [2.24, 2.45) is 0 Å². The Bertz CT molecular complexity index is 563. The molecule has 0 spiro atoms. The fraction of sp³-hybridized carbons (Fsp3) is 0.615. The zero-order valence-electron chi connectivity index (χ0n) is 12.2. The Morgan fingerprint density at radius 1 is 1.35 bits per heavy atom. The van der Waals surface area contributed by atoms with Gasteiger partial charge in [0.25, 0.3) is 0 Å². The lowest BCUT2D eigenvalue weighted by Gasteiger charge is -2.28. The lowest BCUT2D eigenvalue weighted by atomic mass is 10.0. The van der Waals surface area contributed by atoms with Crippen LogP contribution < -0.4 is 10.6 Å². The minimum absolute atomic E-state index is 0.0286. The van der Waals surface area contributed by atoms with E-state index >= 15 is 0 Å². The van der Waals surface area contributed by atoms with Gasteiger partial charge in [0.15, 0.2) is 11.5 Å². The molecule has 2 aromatic heterocycles. The average Bonchev–Trinajstić information content (AvgIpc) is 2.93. The molecule has 0 radical (unpaired) electrons. The van der Waals surface area contributed by atoms with E-state index in [1.165, 1.54) is 0 Å². The number of aliphatic hydroxyl groups is 1. The molecule has 0 saturated heterocycles. The first-order chi connectivity index (χ1) is 9.61. The van der Waals surface area contributed by atoms with Crippen molar-refractivity contribution in [3.63, 3.8) is 0 Å². The van der Waals surface area contributed by atoms with Gasteiger partial charge in [-0.1, -0.05) is 13.8 Å². The van der Waals surface area contributed by atoms with Crippen LogP contribution in [0.1, 0.15) is 33.6 Å². The van der Waals surface area contributed by atoms with Gasteiger partial charge < -0.3 is 20.7 Å².